The number of guanidine groups is 1. The predicted octanol–water partition coefficient (Wildman–Crippen LogP) is 3.56. The van der Waals surface area contributed by atoms with E-state index >= 15 is 0 Å². The lowest BCUT2D eigenvalue weighted by Gasteiger charge is -2.38. The first kappa shape index (κ1) is 26.2. The molecule has 1 aromatic rings. The molecule has 0 radical (unpaired) electrons. The number of carbonyl (C=O) groups is 1. The smallest absolute Gasteiger partial charge is 0.224 e. The van der Waals surface area contributed by atoms with Gasteiger partial charge in [-0.15, -0.1) is 35.3 Å². The highest BCUT2D eigenvalue weighted by Crippen LogP contribution is 2.37. The molecule has 0 bridgehead atoms. The Labute approximate surface area is 197 Å². The molecule has 0 spiro atoms. The van der Waals surface area contributed by atoms with Gasteiger partial charge in [-0.1, -0.05) is 6.07 Å². The van der Waals surface area contributed by atoms with Crippen LogP contribution in [0.3, 0.4) is 0 Å². The van der Waals surface area contributed by atoms with Crippen molar-refractivity contribution in [1.82, 2.24) is 20.4 Å². The zero-order valence-corrected chi connectivity index (χ0v) is 21.5. The Morgan fingerprint density at radius 2 is 2.07 bits per heavy atom. The monoisotopic (exact) mass is 535 g/mol. The fourth-order valence-corrected chi connectivity index (χ4v) is 4.92. The summed E-state index contributed by atoms with van der Waals surface area (Å²) in [5.74, 6) is 1.53. The molecule has 2 N–H and O–H groups in total. The quantitative estimate of drug-likeness (QED) is 0.289. The number of hydrogen-bond acceptors (Lipinski definition) is 4. The molecule has 166 valence electrons. The summed E-state index contributed by atoms with van der Waals surface area (Å²) in [6, 6.07) is 4.84. The van der Waals surface area contributed by atoms with E-state index < -0.39 is 0 Å². The Balaban J connectivity index is 0.00000420. The van der Waals surface area contributed by atoms with Crippen LogP contribution in [0.5, 0.6) is 0 Å². The number of halogens is 1. The van der Waals surface area contributed by atoms with E-state index in [-0.39, 0.29) is 29.9 Å². The van der Waals surface area contributed by atoms with Gasteiger partial charge in [0.05, 0.1) is 0 Å². The minimum atomic E-state index is 0. The second-order valence-corrected chi connectivity index (χ2v) is 8.28. The van der Waals surface area contributed by atoms with Crippen LogP contribution in [0.15, 0.2) is 22.5 Å². The lowest BCUT2D eigenvalue weighted by atomic mass is 9.88. The normalized spacial score (nSPS) is 20.1. The van der Waals surface area contributed by atoms with Crippen LogP contribution in [0, 0.1) is 5.92 Å². The summed E-state index contributed by atoms with van der Waals surface area (Å²) in [6.45, 7) is 11.0. The molecule has 1 aliphatic rings. The molecule has 1 amide bonds. The number of aliphatic imine (C=N–C) groups is 1. The van der Waals surface area contributed by atoms with Crippen molar-refractivity contribution < 1.29 is 4.79 Å². The van der Waals surface area contributed by atoms with Crippen LogP contribution in [0.4, 0.5) is 0 Å². The predicted molar refractivity (Wildman–Crippen MR) is 134 cm³/mol. The van der Waals surface area contributed by atoms with E-state index in [0.717, 1.165) is 38.7 Å². The molecule has 0 saturated carbocycles. The van der Waals surface area contributed by atoms with Crippen LogP contribution in [0.25, 0.3) is 0 Å². The summed E-state index contributed by atoms with van der Waals surface area (Å²) in [5.41, 5.74) is 0. The third-order valence-corrected chi connectivity index (χ3v) is 6.36. The van der Waals surface area contributed by atoms with E-state index in [4.69, 9.17) is 4.99 Å². The third-order valence-electron chi connectivity index (χ3n) is 5.42. The first-order valence-electron chi connectivity index (χ1n) is 10.6. The van der Waals surface area contributed by atoms with Crippen molar-refractivity contribution >= 4 is 47.2 Å². The van der Waals surface area contributed by atoms with Crippen molar-refractivity contribution in [1.29, 1.82) is 0 Å². The second kappa shape index (κ2) is 14.2. The molecule has 0 aromatic carbocycles. The van der Waals surface area contributed by atoms with E-state index in [2.05, 4.69) is 47.0 Å². The van der Waals surface area contributed by atoms with E-state index in [0.29, 0.717) is 24.9 Å². The number of thiophene rings is 1. The maximum Gasteiger partial charge on any atom is 0.224 e. The molecule has 2 rings (SSSR count). The van der Waals surface area contributed by atoms with Crippen LogP contribution in [0.1, 0.15) is 51.0 Å². The molecule has 0 aliphatic carbocycles. The van der Waals surface area contributed by atoms with Gasteiger partial charge in [-0.25, -0.2) is 0 Å². The lowest BCUT2D eigenvalue weighted by molar-refractivity contribution is -0.130. The lowest BCUT2D eigenvalue weighted by Crippen LogP contribution is -2.41. The molecule has 2 atom stereocenters. The molecule has 6 nitrogen and oxygen atoms in total. The summed E-state index contributed by atoms with van der Waals surface area (Å²) >= 11 is 1.84. The highest BCUT2D eigenvalue weighted by molar-refractivity contribution is 14.0. The van der Waals surface area contributed by atoms with Gasteiger partial charge >= 0.3 is 0 Å². The first-order valence-corrected chi connectivity index (χ1v) is 11.5. The van der Waals surface area contributed by atoms with Gasteiger partial charge in [0, 0.05) is 50.1 Å². The number of amides is 1. The van der Waals surface area contributed by atoms with Crippen molar-refractivity contribution in [2.75, 3.05) is 46.3 Å². The van der Waals surface area contributed by atoms with Crippen molar-refractivity contribution in [2.45, 2.75) is 46.1 Å². The molecule has 1 fully saturated rings. The van der Waals surface area contributed by atoms with Crippen LogP contribution in [-0.2, 0) is 4.79 Å². The Morgan fingerprint density at radius 1 is 1.31 bits per heavy atom. The molecule has 2 heterocycles. The fourth-order valence-electron chi connectivity index (χ4n) is 3.93. The van der Waals surface area contributed by atoms with Gasteiger partial charge in [0.1, 0.15) is 0 Å². The largest absolute Gasteiger partial charge is 0.357 e. The average Bonchev–Trinajstić information content (AvgIpc) is 3.21. The number of nitrogens with zero attached hydrogens (tertiary/aromatic N) is 3. The highest BCUT2D eigenvalue weighted by atomic mass is 127. The maximum absolute atomic E-state index is 12.2. The van der Waals surface area contributed by atoms with Gasteiger partial charge in [0.2, 0.25) is 5.91 Å². The maximum atomic E-state index is 12.2. The van der Waals surface area contributed by atoms with E-state index in [9.17, 15) is 4.79 Å². The van der Waals surface area contributed by atoms with Crippen LogP contribution >= 0.6 is 35.3 Å². The van der Waals surface area contributed by atoms with E-state index in [1.165, 1.54) is 17.7 Å². The van der Waals surface area contributed by atoms with Crippen molar-refractivity contribution in [2.24, 2.45) is 10.9 Å². The molecule has 8 heteroatoms. The Hall–Kier alpha value is -0.870. The van der Waals surface area contributed by atoms with Gasteiger partial charge in [0.15, 0.2) is 5.96 Å². The summed E-state index contributed by atoms with van der Waals surface area (Å²) in [4.78, 5) is 22.8. The summed E-state index contributed by atoms with van der Waals surface area (Å²) in [7, 11) is 2.22. The minimum absolute atomic E-state index is 0. The summed E-state index contributed by atoms with van der Waals surface area (Å²) in [6.07, 6.45) is 2.92. The Kier molecular flexibility index (Phi) is 12.8. The van der Waals surface area contributed by atoms with Crippen LogP contribution in [0.2, 0.25) is 0 Å². The highest BCUT2D eigenvalue weighted by Gasteiger charge is 2.31. The second-order valence-electron chi connectivity index (χ2n) is 7.31. The van der Waals surface area contributed by atoms with Crippen molar-refractivity contribution in [3.8, 4) is 0 Å². The third kappa shape index (κ3) is 8.05. The fraction of sp³-hybridized carbons (Fsp3) is 0.714. The average molecular weight is 536 g/mol. The van der Waals surface area contributed by atoms with E-state index in [1.807, 2.05) is 30.1 Å². The van der Waals surface area contributed by atoms with Gasteiger partial charge in [-0.2, -0.15) is 0 Å². The number of nitrogens with one attached hydrogen (secondary N) is 2. The number of piperidine rings is 1. The Morgan fingerprint density at radius 3 is 2.69 bits per heavy atom. The van der Waals surface area contributed by atoms with Crippen molar-refractivity contribution in [3.63, 3.8) is 0 Å². The molecular weight excluding hydrogens is 497 g/mol. The summed E-state index contributed by atoms with van der Waals surface area (Å²) < 4.78 is 0. The van der Waals surface area contributed by atoms with Gasteiger partial charge in [-0.3, -0.25) is 14.7 Å². The number of carbonyl (C=O) groups excluding carboxylic acids is 1. The minimum Gasteiger partial charge on any atom is -0.357 e. The number of hydrogen-bond donors (Lipinski definition) is 2. The number of likely N-dealkylation sites (tertiary alicyclic amines) is 1. The Bertz CT molecular complexity index is 606. The topological polar surface area (TPSA) is 60.0 Å². The van der Waals surface area contributed by atoms with Gasteiger partial charge in [-0.05, 0) is 64.6 Å². The molecular formula is C21H38IN5OS. The van der Waals surface area contributed by atoms with E-state index in [1.54, 1.807) is 0 Å². The molecule has 1 saturated heterocycles. The van der Waals surface area contributed by atoms with Gasteiger partial charge in [0.25, 0.3) is 0 Å². The van der Waals surface area contributed by atoms with Crippen LogP contribution < -0.4 is 10.6 Å². The molecule has 2 unspecified atom stereocenters. The SMILES string of the molecule is CCNC(=NCC1CCCN(C)C1c1cccs1)NCCC(=O)N(CC)CC.I. The summed E-state index contributed by atoms with van der Waals surface area (Å²) in [5, 5.41) is 8.82. The standard InChI is InChI=1S/C21H37N5OS.HI/c1-5-22-21(23-13-12-19(27)26(6-2)7-3)24-16-17-10-8-14-25(4)20(17)18-11-9-15-28-18;/h9,11,15,17,20H,5-8,10,12-14,16H2,1-4H3,(H2,22,23,24);1H. The first-order chi connectivity index (χ1) is 13.6. The molecule has 1 aromatic heterocycles. The zero-order valence-electron chi connectivity index (χ0n) is 18.3. The molecule has 29 heavy (non-hydrogen) atoms. The molecule has 1 aliphatic heterocycles. The number of rotatable bonds is 9. The van der Waals surface area contributed by atoms with Crippen molar-refractivity contribution in [3.05, 3.63) is 22.4 Å². The van der Waals surface area contributed by atoms with Gasteiger partial charge < -0.3 is 15.5 Å². The zero-order chi connectivity index (χ0) is 20.4. The van der Waals surface area contributed by atoms with Crippen LogP contribution in [-0.4, -0.2) is 68.0 Å².